The second-order valence-corrected chi connectivity index (χ2v) is 4.63. The van der Waals surface area contributed by atoms with Crippen LogP contribution in [0.25, 0.3) is 0 Å². The molecule has 0 atom stereocenters. The van der Waals surface area contributed by atoms with Crippen LogP contribution in [0.3, 0.4) is 0 Å². The summed E-state index contributed by atoms with van der Waals surface area (Å²) >= 11 is 12.1. The highest BCUT2D eigenvalue weighted by molar-refractivity contribution is 6.39. The number of benzene rings is 1. The van der Waals surface area contributed by atoms with Gasteiger partial charge in [0.05, 0.1) is 35.7 Å². The van der Waals surface area contributed by atoms with Crippen molar-refractivity contribution in [3.8, 4) is 5.75 Å². The summed E-state index contributed by atoms with van der Waals surface area (Å²) in [6.45, 7) is 0.274. The monoisotopic (exact) mass is 318 g/mol. The van der Waals surface area contributed by atoms with E-state index in [-0.39, 0.29) is 29.2 Å². The first-order valence-corrected chi connectivity index (χ1v) is 6.54. The Morgan fingerprint density at radius 2 is 2.00 bits per heavy atom. The van der Waals surface area contributed by atoms with E-state index in [1.165, 1.54) is 31.8 Å². The normalized spacial score (nSPS) is 13.8. The number of halogens is 2. The van der Waals surface area contributed by atoms with E-state index >= 15 is 0 Å². The number of hydrogen-bond acceptors (Lipinski definition) is 5. The molecule has 1 aromatic carbocycles. The van der Waals surface area contributed by atoms with Crippen molar-refractivity contribution >= 4 is 29.2 Å². The predicted octanol–water partition coefficient (Wildman–Crippen LogP) is 3.39. The van der Waals surface area contributed by atoms with Gasteiger partial charge in [-0.2, -0.15) is 0 Å². The van der Waals surface area contributed by atoms with E-state index in [1.54, 1.807) is 0 Å². The lowest BCUT2D eigenvalue weighted by atomic mass is 10.2. The minimum atomic E-state index is -0.553. The van der Waals surface area contributed by atoms with Gasteiger partial charge in [0.25, 0.3) is 0 Å². The van der Waals surface area contributed by atoms with Gasteiger partial charge in [-0.05, 0) is 12.1 Å². The highest BCUT2D eigenvalue weighted by atomic mass is 35.5. The summed E-state index contributed by atoms with van der Waals surface area (Å²) in [6, 6.07) is 3.01. The summed E-state index contributed by atoms with van der Waals surface area (Å²) in [6.07, 6.45) is 3.03. The molecule has 0 fully saturated rings. The lowest BCUT2D eigenvalue weighted by molar-refractivity contribution is -0.0353. The molecule has 0 bridgehead atoms. The molecule has 0 aromatic heterocycles. The molecule has 108 valence electrons. The molecule has 1 aliphatic heterocycles. The Kier molecular flexibility index (Phi) is 4.98. The zero-order chi connectivity index (χ0) is 14.5. The fraction of sp³-hybridized carbons (Fsp3) is 0.308. The summed E-state index contributed by atoms with van der Waals surface area (Å²) in [7, 11) is 1.27. The molecule has 20 heavy (non-hydrogen) atoms. The third kappa shape index (κ3) is 3.29. The van der Waals surface area contributed by atoms with E-state index in [2.05, 4.69) is 4.74 Å². The topological polar surface area (TPSA) is 54.0 Å². The molecule has 0 N–H and O–H groups in total. The second kappa shape index (κ2) is 6.72. The Balaban J connectivity index is 2.04. The number of methoxy groups -OCH3 is 1. The summed E-state index contributed by atoms with van der Waals surface area (Å²) in [5, 5.41) is 0.435. The van der Waals surface area contributed by atoms with Gasteiger partial charge in [0.2, 0.25) is 6.29 Å². The highest BCUT2D eigenvalue weighted by Crippen LogP contribution is 2.36. The van der Waals surface area contributed by atoms with E-state index in [1.807, 2.05) is 0 Å². The zero-order valence-corrected chi connectivity index (χ0v) is 12.1. The Labute approximate surface area is 126 Å². The number of carbonyl (C=O) groups excluding carboxylic acids is 1. The van der Waals surface area contributed by atoms with Gasteiger partial charge in [-0.25, -0.2) is 4.79 Å². The molecule has 2 rings (SSSR count). The molecule has 5 nitrogen and oxygen atoms in total. The number of esters is 1. The van der Waals surface area contributed by atoms with Crippen LogP contribution in [0.4, 0.5) is 0 Å². The van der Waals surface area contributed by atoms with Crippen molar-refractivity contribution in [1.82, 2.24) is 0 Å². The molecule has 1 aromatic rings. The van der Waals surface area contributed by atoms with Gasteiger partial charge in [-0.3, -0.25) is 0 Å². The largest absolute Gasteiger partial charge is 0.490 e. The fourth-order valence-corrected chi connectivity index (χ4v) is 2.15. The molecule has 0 amide bonds. The smallest absolute Gasteiger partial charge is 0.339 e. The maximum atomic E-state index is 11.5. The van der Waals surface area contributed by atoms with E-state index in [0.29, 0.717) is 11.4 Å². The zero-order valence-electron chi connectivity index (χ0n) is 10.6. The predicted molar refractivity (Wildman–Crippen MR) is 73.0 cm³/mol. The lowest BCUT2D eigenvalue weighted by Crippen LogP contribution is -2.13. The Hall–Kier alpha value is -1.59. The van der Waals surface area contributed by atoms with Crippen LogP contribution in [0.1, 0.15) is 16.8 Å². The van der Waals surface area contributed by atoms with Crippen molar-refractivity contribution in [3.05, 3.63) is 40.3 Å². The lowest BCUT2D eigenvalue weighted by Gasteiger charge is -2.14. The molecule has 0 spiro atoms. The van der Waals surface area contributed by atoms with Gasteiger partial charge in [-0.1, -0.05) is 23.2 Å². The number of rotatable bonds is 5. The van der Waals surface area contributed by atoms with Crippen molar-refractivity contribution in [2.24, 2.45) is 0 Å². The molecule has 0 radical (unpaired) electrons. The van der Waals surface area contributed by atoms with Gasteiger partial charge in [0.1, 0.15) is 12.5 Å². The van der Waals surface area contributed by atoms with E-state index in [9.17, 15) is 4.79 Å². The van der Waals surface area contributed by atoms with Gasteiger partial charge >= 0.3 is 5.97 Å². The van der Waals surface area contributed by atoms with Gasteiger partial charge < -0.3 is 18.9 Å². The van der Waals surface area contributed by atoms with Crippen molar-refractivity contribution in [1.29, 1.82) is 0 Å². The summed E-state index contributed by atoms with van der Waals surface area (Å²) in [5.74, 6) is -0.314. The van der Waals surface area contributed by atoms with Crippen molar-refractivity contribution in [2.45, 2.75) is 12.7 Å². The van der Waals surface area contributed by atoms with E-state index < -0.39 is 5.97 Å². The first kappa shape index (κ1) is 14.8. The molecular weight excluding hydrogens is 307 g/mol. The molecule has 0 unspecified atom stereocenters. The molecule has 1 heterocycles. The van der Waals surface area contributed by atoms with Crippen molar-refractivity contribution < 1.29 is 23.7 Å². The molecule has 1 aliphatic rings. The summed E-state index contributed by atoms with van der Waals surface area (Å²) in [4.78, 5) is 11.5. The molecule has 7 heteroatoms. The van der Waals surface area contributed by atoms with E-state index in [0.717, 1.165) is 0 Å². The molecule has 0 aliphatic carbocycles. The highest BCUT2D eigenvalue weighted by Gasteiger charge is 2.19. The first-order chi connectivity index (χ1) is 9.63. The molecular formula is C13H12Cl2O5. The van der Waals surface area contributed by atoms with Gasteiger partial charge in [-0.15, -0.1) is 0 Å². The average Bonchev–Trinajstić information content (AvgIpc) is 2.95. The van der Waals surface area contributed by atoms with E-state index in [4.69, 9.17) is 37.4 Å². The fourth-order valence-electron chi connectivity index (χ4n) is 1.60. The third-order valence-electron chi connectivity index (χ3n) is 2.57. The minimum Gasteiger partial charge on any atom is -0.490 e. The molecule has 0 saturated carbocycles. The van der Waals surface area contributed by atoms with Crippen LogP contribution in [-0.4, -0.2) is 26.0 Å². The van der Waals surface area contributed by atoms with Crippen LogP contribution in [0.15, 0.2) is 24.7 Å². The van der Waals surface area contributed by atoms with Crippen LogP contribution >= 0.6 is 23.2 Å². The quantitative estimate of drug-likeness (QED) is 0.779. The van der Waals surface area contributed by atoms with Crippen LogP contribution < -0.4 is 4.74 Å². The van der Waals surface area contributed by atoms with Crippen LogP contribution in [0.2, 0.25) is 10.0 Å². The Morgan fingerprint density at radius 1 is 1.30 bits per heavy atom. The Bertz CT molecular complexity index is 522. The van der Waals surface area contributed by atoms with Gasteiger partial charge in [0.15, 0.2) is 5.75 Å². The maximum absolute atomic E-state index is 11.5. The number of hydrogen-bond donors (Lipinski definition) is 0. The van der Waals surface area contributed by atoms with Crippen molar-refractivity contribution in [2.75, 3.05) is 13.7 Å². The van der Waals surface area contributed by atoms with Crippen LogP contribution in [0.5, 0.6) is 5.75 Å². The van der Waals surface area contributed by atoms with Gasteiger partial charge in [0, 0.05) is 0 Å². The average molecular weight is 319 g/mol. The van der Waals surface area contributed by atoms with Crippen LogP contribution in [-0.2, 0) is 14.2 Å². The Morgan fingerprint density at radius 3 is 2.65 bits per heavy atom. The SMILES string of the molecule is COC(=O)c1ccc(Cl)c(OCCC2OC=CO2)c1Cl. The minimum absolute atomic E-state index is 0.121. The number of ether oxygens (including phenoxy) is 4. The van der Waals surface area contributed by atoms with Crippen LogP contribution in [0, 0.1) is 0 Å². The molecule has 0 saturated heterocycles. The first-order valence-electron chi connectivity index (χ1n) is 5.78. The maximum Gasteiger partial charge on any atom is 0.339 e. The van der Waals surface area contributed by atoms with Crippen molar-refractivity contribution in [3.63, 3.8) is 0 Å². The summed E-state index contributed by atoms with van der Waals surface area (Å²) < 4.78 is 20.3. The summed E-state index contributed by atoms with van der Waals surface area (Å²) in [5.41, 5.74) is 0.198. The number of carbonyl (C=O) groups is 1. The third-order valence-corrected chi connectivity index (χ3v) is 3.24. The standard InChI is InChI=1S/C13H12Cl2O5/c1-17-13(16)8-2-3-9(14)12(11(8)15)20-5-4-10-18-6-7-19-10/h2-3,6-7,10H,4-5H2,1H3. The second-order valence-electron chi connectivity index (χ2n) is 3.84.